The monoisotopic (exact) mass is 388 g/mol. The number of primary amides is 1. The number of aliphatic imine (C=N–C) groups is 1. The van der Waals surface area contributed by atoms with E-state index in [4.69, 9.17) is 19.9 Å². The zero-order valence-electron chi connectivity index (χ0n) is 16.2. The molecule has 1 aromatic carbocycles. The van der Waals surface area contributed by atoms with Gasteiger partial charge in [-0.1, -0.05) is 6.07 Å². The first-order chi connectivity index (χ1) is 13.7. The fourth-order valence-corrected chi connectivity index (χ4v) is 3.22. The molecule has 0 radical (unpaired) electrons. The number of rotatable bonds is 8. The summed E-state index contributed by atoms with van der Waals surface area (Å²) in [4.78, 5) is 15.2. The standard InChI is InChI=1S/C20H28N4O4/c1-26-18-10-15(11-22-7-4-14-5-8-27-9-6-14)2-3-17(18)28-19-13-23-16(12-24-19)20(21)25/h2-3,10,12,14,22-23H,4-9,11,13H2,1H3,(H2,21,25). The number of carbonyl (C=O) groups is 1. The lowest BCUT2D eigenvalue weighted by Crippen LogP contribution is -2.34. The zero-order valence-corrected chi connectivity index (χ0v) is 16.2. The highest BCUT2D eigenvalue weighted by Crippen LogP contribution is 2.28. The maximum Gasteiger partial charge on any atom is 0.266 e. The quantitative estimate of drug-likeness (QED) is 0.580. The number of hydrogen-bond acceptors (Lipinski definition) is 7. The topological polar surface area (TPSA) is 107 Å². The number of nitrogens with zero attached hydrogens (tertiary/aromatic N) is 1. The summed E-state index contributed by atoms with van der Waals surface area (Å²) in [5, 5.41) is 6.37. The zero-order chi connectivity index (χ0) is 19.8. The van der Waals surface area contributed by atoms with E-state index in [9.17, 15) is 4.79 Å². The molecule has 0 aliphatic carbocycles. The average molecular weight is 388 g/mol. The van der Waals surface area contributed by atoms with Gasteiger partial charge in [0.05, 0.1) is 19.9 Å². The van der Waals surface area contributed by atoms with E-state index in [1.165, 1.54) is 12.6 Å². The van der Waals surface area contributed by atoms with Gasteiger partial charge in [0.1, 0.15) is 5.70 Å². The molecule has 4 N–H and O–H groups in total. The molecule has 1 amide bonds. The van der Waals surface area contributed by atoms with Crippen LogP contribution in [0.25, 0.3) is 0 Å². The number of hydrogen-bond donors (Lipinski definition) is 3. The molecular formula is C20H28N4O4. The third-order valence-electron chi connectivity index (χ3n) is 4.89. The van der Waals surface area contributed by atoms with E-state index in [0.717, 1.165) is 50.6 Å². The Morgan fingerprint density at radius 1 is 1.36 bits per heavy atom. The van der Waals surface area contributed by atoms with Gasteiger partial charge in [0, 0.05) is 19.8 Å². The maximum absolute atomic E-state index is 11.1. The predicted octanol–water partition coefficient (Wildman–Crippen LogP) is 1.31. The van der Waals surface area contributed by atoms with Crippen molar-refractivity contribution in [1.82, 2.24) is 10.6 Å². The largest absolute Gasteiger partial charge is 0.493 e. The molecule has 1 saturated heterocycles. The molecular weight excluding hydrogens is 360 g/mol. The number of ether oxygens (including phenoxy) is 3. The van der Waals surface area contributed by atoms with Crippen molar-refractivity contribution in [2.45, 2.75) is 25.8 Å². The summed E-state index contributed by atoms with van der Waals surface area (Å²) < 4.78 is 16.7. The van der Waals surface area contributed by atoms with Gasteiger partial charge < -0.3 is 30.6 Å². The molecule has 0 atom stereocenters. The van der Waals surface area contributed by atoms with Gasteiger partial charge in [-0.25, -0.2) is 4.99 Å². The molecule has 0 unspecified atom stereocenters. The highest BCUT2D eigenvalue weighted by atomic mass is 16.5. The summed E-state index contributed by atoms with van der Waals surface area (Å²) in [6.07, 6.45) is 4.87. The SMILES string of the molecule is COc1cc(CNCCC2CCOCC2)ccc1OC1=NC=C(C(N)=O)NC1. The minimum absolute atomic E-state index is 0.265. The second-order valence-corrected chi connectivity index (χ2v) is 6.89. The van der Waals surface area contributed by atoms with Crippen molar-refractivity contribution in [3.05, 3.63) is 35.7 Å². The van der Waals surface area contributed by atoms with Crippen LogP contribution in [0.5, 0.6) is 11.5 Å². The van der Waals surface area contributed by atoms with Crippen molar-refractivity contribution in [3.63, 3.8) is 0 Å². The molecule has 0 aromatic heterocycles. The van der Waals surface area contributed by atoms with Crippen LogP contribution in [0.15, 0.2) is 35.1 Å². The Balaban J connectivity index is 1.51. The summed E-state index contributed by atoms with van der Waals surface area (Å²) >= 11 is 0. The van der Waals surface area contributed by atoms with Crippen LogP contribution in [0, 0.1) is 5.92 Å². The Morgan fingerprint density at radius 3 is 2.86 bits per heavy atom. The first kappa shape index (κ1) is 20.2. The third-order valence-corrected chi connectivity index (χ3v) is 4.89. The molecule has 8 nitrogen and oxygen atoms in total. The Kier molecular flexibility index (Phi) is 7.27. The lowest BCUT2D eigenvalue weighted by molar-refractivity contribution is -0.114. The third kappa shape index (κ3) is 5.71. The second-order valence-electron chi connectivity index (χ2n) is 6.89. The van der Waals surface area contributed by atoms with Gasteiger partial charge in [-0.3, -0.25) is 4.79 Å². The first-order valence-corrected chi connectivity index (χ1v) is 9.59. The van der Waals surface area contributed by atoms with E-state index in [0.29, 0.717) is 17.4 Å². The van der Waals surface area contributed by atoms with Crippen LogP contribution in [0.2, 0.25) is 0 Å². The van der Waals surface area contributed by atoms with Crippen LogP contribution in [0.1, 0.15) is 24.8 Å². The van der Waals surface area contributed by atoms with Gasteiger partial charge in [-0.15, -0.1) is 0 Å². The molecule has 0 spiro atoms. The van der Waals surface area contributed by atoms with Crippen molar-refractivity contribution >= 4 is 11.8 Å². The molecule has 2 heterocycles. The number of carbonyl (C=O) groups excluding carboxylic acids is 1. The Hall–Kier alpha value is -2.58. The maximum atomic E-state index is 11.1. The molecule has 152 valence electrons. The minimum Gasteiger partial charge on any atom is -0.493 e. The molecule has 3 rings (SSSR count). The van der Waals surface area contributed by atoms with Crippen LogP contribution in [0.4, 0.5) is 0 Å². The molecule has 2 aliphatic rings. The van der Waals surface area contributed by atoms with Gasteiger partial charge in [-0.2, -0.15) is 0 Å². The van der Waals surface area contributed by atoms with E-state index >= 15 is 0 Å². The molecule has 2 aliphatic heterocycles. The van der Waals surface area contributed by atoms with Crippen molar-refractivity contribution in [2.24, 2.45) is 16.6 Å². The molecule has 8 heteroatoms. The van der Waals surface area contributed by atoms with Crippen molar-refractivity contribution in [2.75, 3.05) is 33.4 Å². The second kappa shape index (κ2) is 10.1. The molecule has 28 heavy (non-hydrogen) atoms. The van der Waals surface area contributed by atoms with Gasteiger partial charge in [0.2, 0.25) is 5.90 Å². The molecule has 0 bridgehead atoms. The molecule has 1 aromatic rings. The van der Waals surface area contributed by atoms with Crippen molar-refractivity contribution in [3.8, 4) is 11.5 Å². The smallest absolute Gasteiger partial charge is 0.266 e. The van der Waals surface area contributed by atoms with Crippen LogP contribution in [-0.2, 0) is 16.1 Å². The Labute approximate surface area is 165 Å². The first-order valence-electron chi connectivity index (χ1n) is 9.59. The van der Waals surface area contributed by atoms with Crippen LogP contribution >= 0.6 is 0 Å². The minimum atomic E-state index is -0.547. The Morgan fingerprint density at radius 2 is 2.18 bits per heavy atom. The van der Waals surface area contributed by atoms with Crippen LogP contribution in [-0.4, -0.2) is 45.2 Å². The average Bonchev–Trinajstić information content (AvgIpc) is 2.73. The Bertz CT molecular complexity index is 742. The van der Waals surface area contributed by atoms with E-state index in [-0.39, 0.29) is 12.2 Å². The highest BCUT2D eigenvalue weighted by Gasteiger charge is 2.15. The molecule has 0 saturated carbocycles. The van der Waals surface area contributed by atoms with Crippen molar-refractivity contribution < 1.29 is 19.0 Å². The summed E-state index contributed by atoms with van der Waals surface area (Å²) in [6.45, 7) is 3.83. The fraction of sp³-hybridized carbons (Fsp3) is 0.500. The van der Waals surface area contributed by atoms with Gasteiger partial charge in [-0.05, 0) is 49.4 Å². The summed E-state index contributed by atoms with van der Waals surface area (Å²) in [7, 11) is 1.61. The van der Waals surface area contributed by atoms with E-state index in [1.54, 1.807) is 7.11 Å². The van der Waals surface area contributed by atoms with Crippen LogP contribution in [0.3, 0.4) is 0 Å². The normalized spacial score (nSPS) is 17.3. The highest BCUT2D eigenvalue weighted by molar-refractivity contribution is 5.94. The number of methoxy groups -OCH3 is 1. The number of amides is 1. The number of nitrogens with two attached hydrogens (primary N) is 1. The van der Waals surface area contributed by atoms with Crippen LogP contribution < -0.4 is 25.8 Å². The van der Waals surface area contributed by atoms with Gasteiger partial charge >= 0.3 is 0 Å². The van der Waals surface area contributed by atoms with E-state index in [2.05, 4.69) is 15.6 Å². The summed E-state index contributed by atoms with van der Waals surface area (Å²) in [5.41, 5.74) is 6.59. The lowest BCUT2D eigenvalue weighted by Gasteiger charge is -2.22. The fourth-order valence-electron chi connectivity index (χ4n) is 3.22. The van der Waals surface area contributed by atoms with Gasteiger partial charge in [0.25, 0.3) is 5.91 Å². The van der Waals surface area contributed by atoms with E-state index < -0.39 is 5.91 Å². The van der Waals surface area contributed by atoms with E-state index in [1.807, 2.05) is 18.2 Å². The van der Waals surface area contributed by atoms with Gasteiger partial charge in [0.15, 0.2) is 11.5 Å². The number of benzene rings is 1. The lowest BCUT2D eigenvalue weighted by atomic mass is 9.97. The molecule has 1 fully saturated rings. The number of nitrogens with one attached hydrogen (secondary N) is 2. The van der Waals surface area contributed by atoms with Crippen molar-refractivity contribution in [1.29, 1.82) is 0 Å². The summed E-state index contributed by atoms with van der Waals surface area (Å²) in [6, 6.07) is 5.82. The predicted molar refractivity (Wildman–Crippen MR) is 106 cm³/mol. The summed E-state index contributed by atoms with van der Waals surface area (Å²) in [5.74, 6) is 1.86.